The molecular weight excluding hydrogens is 280 g/mol. The first-order chi connectivity index (χ1) is 5.74. The average molecular weight is 290 g/mol. The smallest absolute Gasteiger partial charge is 0.0250 e. The summed E-state index contributed by atoms with van der Waals surface area (Å²) >= 11 is 6.85. The molecule has 0 unspecified atom stereocenters. The highest BCUT2D eigenvalue weighted by Gasteiger charge is 1.94. The highest BCUT2D eigenvalue weighted by molar-refractivity contribution is 9.10. The quantitative estimate of drug-likeness (QED) is 0.717. The molecule has 0 radical (unpaired) electrons. The molecule has 2 heteroatoms. The lowest BCUT2D eigenvalue weighted by Crippen LogP contribution is -1.77. The molecule has 0 atom stereocenters. The van der Waals surface area contributed by atoms with Crippen molar-refractivity contribution in [2.24, 2.45) is 0 Å². The molecule has 0 aliphatic heterocycles. The Balaban J connectivity index is 2.94. The number of hydrogen-bond donors (Lipinski definition) is 0. The fourth-order valence-electron chi connectivity index (χ4n) is 0.939. The zero-order valence-corrected chi connectivity index (χ0v) is 10.0. The van der Waals surface area contributed by atoms with Crippen molar-refractivity contribution in [3.05, 3.63) is 39.9 Å². The monoisotopic (exact) mass is 288 g/mol. The lowest BCUT2D eigenvalue weighted by Gasteiger charge is -1.98. The van der Waals surface area contributed by atoms with Gasteiger partial charge in [0.25, 0.3) is 0 Å². The molecule has 0 heterocycles. The highest BCUT2D eigenvalue weighted by Crippen LogP contribution is 2.19. The summed E-state index contributed by atoms with van der Waals surface area (Å²) in [6, 6.07) is 6.34. The van der Waals surface area contributed by atoms with E-state index in [9.17, 15) is 0 Å². The van der Waals surface area contributed by atoms with Gasteiger partial charge in [0.1, 0.15) is 0 Å². The lowest BCUT2D eigenvalue weighted by molar-refractivity contribution is 1.44. The number of alkyl halides is 1. The fourth-order valence-corrected chi connectivity index (χ4v) is 1.75. The first kappa shape index (κ1) is 10.0. The maximum Gasteiger partial charge on any atom is 0.0250 e. The van der Waals surface area contributed by atoms with Gasteiger partial charge in [0.15, 0.2) is 0 Å². The highest BCUT2D eigenvalue weighted by atomic mass is 79.9. The van der Waals surface area contributed by atoms with Gasteiger partial charge >= 0.3 is 0 Å². The first-order valence-electron chi connectivity index (χ1n) is 3.72. The van der Waals surface area contributed by atoms with E-state index in [2.05, 4.69) is 69.1 Å². The van der Waals surface area contributed by atoms with Crippen molar-refractivity contribution in [2.45, 2.75) is 6.92 Å². The van der Waals surface area contributed by atoms with Crippen molar-refractivity contribution >= 4 is 37.9 Å². The minimum atomic E-state index is 0.896. The Kier molecular flexibility index (Phi) is 4.02. The van der Waals surface area contributed by atoms with Crippen LogP contribution < -0.4 is 0 Å². The summed E-state index contributed by atoms with van der Waals surface area (Å²) in [6.45, 7) is 2.09. The summed E-state index contributed by atoms with van der Waals surface area (Å²) in [6.07, 6.45) is 4.17. The van der Waals surface area contributed by atoms with Gasteiger partial charge in [-0.25, -0.2) is 0 Å². The van der Waals surface area contributed by atoms with Crippen LogP contribution in [0.1, 0.15) is 11.1 Å². The molecule has 0 fully saturated rings. The zero-order chi connectivity index (χ0) is 8.97. The maximum absolute atomic E-state index is 3.51. The molecule has 1 aromatic rings. The van der Waals surface area contributed by atoms with Gasteiger partial charge in [-0.2, -0.15) is 0 Å². The molecule has 64 valence electrons. The maximum atomic E-state index is 3.51. The van der Waals surface area contributed by atoms with E-state index in [1.54, 1.807) is 0 Å². The molecule has 0 amide bonds. The molecule has 0 bridgehead atoms. The van der Waals surface area contributed by atoms with Gasteiger partial charge < -0.3 is 0 Å². The largest absolute Gasteiger partial charge is 0.0883 e. The Hall–Kier alpha value is -0.0800. The van der Waals surface area contributed by atoms with Crippen LogP contribution in [0.5, 0.6) is 0 Å². The predicted molar refractivity (Wildman–Crippen MR) is 61.7 cm³/mol. The SMILES string of the molecule is Cc1ccc(C=CCBr)c(Br)c1. The molecule has 1 rings (SSSR count). The number of benzene rings is 1. The average Bonchev–Trinajstić information content (AvgIpc) is 2.03. The normalized spacial score (nSPS) is 10.9. The van der Waals surface area contributed by atoms with Gasteiger partial charge in [0.05, 0.1) is 0 Å². The van der Waals surface area contributed by atoms with Crippen molar-refractivity contribution in [3.8, 4) is 0 Å². The fraction of sp³-hybridized carbons (Fsp3) is 0.200. The van der Waals surface area contributed by atoms with Crippen molar-refractivity contribution in [3.63, 3.8) is 0 Å². The number of allylic oxidation sites excluding steroid dienone is 1. The molecule has 0 aliphatic carbocycles. The van der Waals surface area contributed by atoms with Crippen molar-refractivity contribution in [1.29, 1.82) is 0 Å². The molecule has 0 saturated heterocycles. The summed E-state index contributed by atoms with van der Waals surface area (Å²) in [7, 11) is 0. The predicted octanol–water partition coefficient (Wildman–Crippen LogP) is 4.17. The lowest BCUT2D eigenvalue weighted by atomic mass is 10.1. The second kappa shape index (κ2) is 4.83. The van der Waals surface area contributed by atoms with Gasteiger partial charge in [-0.1, -0.05) is 56.1 Å². The van der Waals surface area contributed by atoms with Gasteiger partial charge in [-0.05, 0) is 24.1 Å². The second-order valence-electron chi connectivity index (χ2n) is 2.58. The van der Waals surface area contributed by atoms with Crippen LogP contribution in [0.25, 0.3) is 6.08 Å². The van der Waals surface area contributed by atoms with Crippen LogP contribution in [-0.4, -0.2) is 5.33 Å². The van der Waals surface area contributed by atoms with Crippen molar-refractivity contribution in [1.82, 2.24) is 0 Å². The van der Waals surface area contributed by atoms with Gasteiger partial charge in [-0.3, -0.25) is 0 Å². The zero-order valence-electron chi connectivity index (χ0n) is 6.85. The van der Waals surface area contributed by atoms with Gasteiger partial charge in [-0.15, -0.1) is 0 Å². The number of hydrogen-bond acceptors (Lipinski definition) is 0. The van der Waals surface area contributed by atoms with Crippen LogP contribution in [0.2, 0.25) is 0 Å². The summed E-state index contributed by atoms with van der Waals surface area (Å²) in [4.78, 5) is 0. The Morgan fingerprint density at radius 2 is 2.17 bits per heavy atom. The van der Waals surface area contributed by atoms with Crippen LogP contribution in [0.15, 0.2) is 28.7 Å². The Morgan fingerprint density at radius 3 is 2.75 bits per heavy atom. The first-order valence-corrected chi connectivity index (χ1v) is 5.64. The summed E-state index contributed by atoms with van der Waals surface area (Å²) in [5.74, 6) is 0. The molecule has 12 heavy (non-hydrogen) atoms. The van der Waals surface area contributed by atoms with Crippen LogP contribution in [0.3, 0.4) is 0 Å². The Morgan fingerprint density at radius 1 is 1.42 bits per heavy atom. The molecule has 0 nitrogen and oxygen atoms in total. The topological polar surface area (TPSA) is 0 Å². The van der Waals surface area contributed by atoms with Crippen LogP contribution in [0.4, 0.5) is 0 Å². The van der Waals surface area contributed by atoms with Crippen LogP contribution in [0, 0.1) is 6.92 Å². The molecule has 0 aliphatic rings. The molecular formula is C10H10Br2. The van der Waals surface area contributed by atoms with Gasteiger partial charge in [0, 0.05) is 9.80 Å². The van der Waals surface area contributed by atoms with Gasteiger partial charge in [0.2, 0.25) is 0 Å². The van der Waals surface area contributed by atoms with E-state index in [0.29, 0.717) is 0 Å². The summed E-state index contributed by atoms with van der Waals surface area (Å²) < 4.78 is 1.15. The summed E-state index contributed by atoms with van der Waals surface area (Å²) in [5.41, 5.74) is 2.50. The van der Waals surface area contributed by atoms with E-state index in [-0.39, 0.29) is 0 Å². The molecule has 0 saturated carbocycles. The second-order valence-corrected chi connectivity index (χ2v) is 4.08. The summed E-state index contributed by atoms with van der Waals surface area (Å²) in [5, 5.41) is 0.896. The minimum absolute atomic E-state index is 0.896. The van der Waals surface area contributed by atoms with E-state index in [4.69, 9.17) is 0 Å². The van der Waals surface area contributed by atoms with Crippen molar-refractivity contribution < 1.29 is 0 Å². The van der Waals surface area contributed by atoms with E-state index in [1.165, 1.54) is 11.1 Å². The minimum Gasteiger partial charge on any atom is -0.0883 e. The molecule has 0 N–H and O–H groups in total. The molecule has 0 spiro atoms. The third kappa shape index (κ3) is 2.76. The van der Waals surface area contributed by atoms with Crippen LogP contribution >= 0.6 is 31.9 Å². The standard InChI is InChI=1S/C10H10Br2/c1-8-4-5-9(3-2-6-11)10(12)7-8/h2-5,7H,6H2,1H3. The van der Waals surface area contributed by atoms with E-state index in [1.807, 2.05) is 0 Å². The van der Waals surface area contributed by atoms with Crippen LogP contribution in [-0.2, 0) is 0 Å². The third-order valence-corrected chi connectivity index (χ3v) is 2.60. The number of aryl methyl sites for hydroxylation is 1. The number of halogens is 2. The third-order valence-electron chi connectivity index (χ3n) is 1.54. The Labute approximate surface area is 89.9 Å². The number of rotatable bonds is 2. The van der Waals surface area contributed by atoms with Crippen molar-refractivity contribution in [2.75, 3.05) is 5.33 Å². The van der Waals surface area contributed by atoms with E-state index < -0.39 is 0 Å². The van der Waals surface area contributed by atoms with E-state index in [0.717, 1.165) is 9.80 Å². The molecule has 1 aromatic carbocycles. The molecule has 0 aromatic heterocycles. The van der Waals surface area contributed by atoms with E-state index >= 15 is 0 Å². The Bertz CT molecular complexity index is 290.